The number of fused-ring (bicyclic) bond motifs is 1. The fourth-order valence-electron chi connectivity index (χ4n) is 4.63. The molecule has 0 fully saturated rings. The molecule has 4 aromatic rings. The van der Waals surface area contributed by atoms with Crippen LogP contribution >= 0.6 is 11.6 Å². The second-order valence-electron chi connectivity index (χ2n) is 10.2. The minimum atomic E-state index is -1.27. The largest absolute Gasteiger partial charge is 0.479 e. The minimum absolute atomic E-state index is 0.264. The van der Waals surface area contributed by atoms with Crippen molar-refractivity contribution in [3.8, 4) is 11.1 Å². The van der Waals surface area contributed by atoms with Crippen LogP contribution in [-0.2, 0) is 16.1 Å². The number of rotatable bonds is 6. The Bertz CT molecular complexity index is 1510. The highest BCUT2D eigenvalue weighted by molar-refractivity contribution is 6.30. The van der Waals surface area contributed by atoms with E-state index in [2.05, 4.69) is 0 Å². The summed E-state index contributed by atoms with van der Waals surface area (Å²) < 4.78 is 35.5. The number of carboxylic acids is 1. The average Bonchev–Trinajstić information content (AvgIpc) is 3.03. The van der Waals surface area contributed by atoms with E-state index in [0.29, 0.717) is 33.1 Å². The second kappa shape index (κ2) is 9.88. The number of hydrogen-bond acceptors (Lipinski definition) is 3. The van der Waals surface area contributed by atoms with E-state index in [1.54, 1.807) is 39.8 Å². The van der Waals surface area contributed by atoms with Gasteiger partial charge in [0.25, 0.3) is 0 Å². The highest BCUT2D eigenvalue weighted by atomic mass is 35.5. The van der Waals surface area contributed by atoms with Crippen LogP contribution in [0.5, 0.6) is 0 Å². The highest BCUT2D eigenvalue weighted by Crippen LogP contribution is 2.42. The summed E-state index contributed by atoms with van der Waals surface area (Å²) in [7, 11) is 0. The number of halogens is 3. The molecule has 2 aromatic heterocycles. The zero-order chi connectivity index (χ0) is 27.2. The smallest absolute Gasteiger partial charge is 0.337 e. The Balaban J connectivity index is 2.06. The van der Waals surface area contributed by atoms with Crippen LogP contribution in [-0.4, -0.2) is 26.2 Å². The molecule has 1 atom stereocenters. The van der Waals surface area contributed by atoms with Gasteiger partial charge in [-0.05, 0) is 82.5 Å². The van der Waals surface area contributed by atoms with E-state index >= 15 is 0 Å². The van der Waals surface area contributed by atoms with Gasteiger partial charge in [0, 0.05) is 39.5 Å². The van der Waals surface area contributed by atoms with Gasteiger partial charge in [-0.2, -0.15) is 0 Å². The molecule has 4 rings (SSSR count). The Labute approximate surface area is 219 Å². The van der Waals surface area contributed by atoms with Gasteiger partial charge in [-0.3, -0.25) is 0 Å². The van der Waals surface area contributed by atoms with Crippen molar-refractivity contribution in [1.82, 2.24) is 9.55 Å². The van der Waals surface area contributed by atoms with Crippen molar-refractivity contribution < 1.29 is 23.4 Å². The standard InChI is InChI=1S/C29H29ClF2N2O3/c1-15-17(3)34(14-18-7-12-21(31)22(32)13-18)27-23(15)25(19-8-10-20(30)11-9-19)24(16(2)33-27)26(28(35)36)37-29(4,5)6/h7-13,26H,14H2,1-6H3,(H,35,36). The van der Waals surface area contributed by atoms with Crippen LogP contribution in [0.25, 0.3) is 22.2 Å². The van der Waals surface area contributed by atoms with Crippen LogP contribution in [0.1, 0.15) is 55.0 Å². The number of aromatic nitrogens is 2. The van der Waals surface area contributed by atoms with Gasteiger partial charge in [-0.15, -0.1) is 0 Å². The van der Waals surface area contributed by atoms with Crippen molar-refractivity contribution in [2.75, 3.05) is 0 Å². The molecule has 0 aliphatic carbocycles. The molecule has 1 N–H and O–H groups in total. The maximum absolute atomic E-state index is 14.0. The minimum Gasteiger partial charge on any atom is -0.479 e. The molecule has 194 valence electrons. The fraction of sp³-hybridized carbons (Fsp3) is 0.310. The van der Waals surface area contributed by atoms with Crippen molar-refractivity contribution >= 4 is 28.6 Å². The van der Waals surface area contributed by atoms with Crippen molar-refractivity contribution in [3.63, 3.8) is 0 Å². The van der Waals surface area contributed by atoms with Gasteiger partial charge in [0.15, 0.2) is 17.7 Å². The van der Waals surface area contributed by atoms with Gasteiger partial charge in [-0.1, -0.05) is 29.8 Å². The van der Waals surface area contributed by atoms with E-state index in [4.69, 9.17) is 21.3 Å². The predicted octanol–water partition coefficient (Wildman–Crippen LogP) is 7.55. The third-order valence-electron chi connectivity index (χ3n) is 6.40. The number of carboxylic acid groups (broad SMARTS) is 1. The second-order valence-corrected chi connectivity index (χ2v) is 10.6. The van der Waals surface area contributed by atoms with Gasteiger partial charge in [0.05, 0.1) is 5.60 Å². The number of carbonyl (C=O) groups is 1. The number of aliphatic carboxylic acids is 1. The van der Waals surface area contributed by atoms with E-state index < -0.39 is 29.3 Å². The summed E-state index contributed by atoms with van der Waals surface area (Å²) >= 11 is 6.17. The van der Waals surface area contributed by atoms with E-state index in [-0.39, 0.29) is 6.54 Å². The Morgan fingerprint density at radius 2 is 1.73 bits per heavy atom. The van der Waals surface area contributed by atoms with Gasteiger partial charge in [0.1, 0.15) is 5.65 Å². The molecule has 0 spiro atoms. The molecule has 37 heavy (non-hydrogen) atoms. The molecule has 0 saturated heterocycles. The molecule has 0 saturated carbocycles. The molecule has 2 aromatic carbocycles. The lowest BCUT2D eigenvalue weighted by Gasteiger charge is -2.28. The molecule has 0 radical (unpaired) electrons. The lowest BCUT2D eigenvalue weighted by atomic mass is 9.91. The Morgan fingerprint density at radius 3 is 2.30 bits per heavy atom. The first kappa shape index (κ1) is 26.8. The molecule has 5 nitrogen and oxygen atoms in total. The number of aryl methyl sites for hydroxylation is 2. The molecule has 0 aliphatic rings. The van der Waals surface area contributed by atoms with Crippen LogP contribution in [0.3, 0.4) is 0 Å². The van der Waals surface area contributed by atoms with Gasteiger partial charge >= 0.3 is 5.97 Å². The molecule has 8 heteroatoms. The molecule has 2 heterocycles. The van der Waals surface area contributed by atoms with Crippen molar-refractivity contribution in [2.45, 2.75) is 59.8 Å². The Kier molecular flexibility index (Phi) is 7.14. The molecular formula is C29H29ClF2N2O3. The lowest BCUT2D eigenvalue weighted by molar-refractivity contribution is -0.160. The quantitative estimate of drug-likeness (QED) is 0.282. The van der Waals surface area contributed by atoms with Crippen molar-refractivity contribution in [2.24, 2.45) is 0 Å². The maximum atomic E-state index is 14.0. The van der Waals surface area contributed by atoms with Crippen LogP contribution in [0.15, 0.2) is 42.5 Å². The van der Waals surface area contributed by atoms with Crippen molar-refractivity contribution in [3.05, 3.63) is 87.2 Å². The average molecular weight is 527 g/mol. The van der Waals surface area contributed by atoms with Crippen LogP contribution < -0.4 is 0 Å². The van der Waals surface area contributed by atoms with Crippen LogP contribution in [0.2, 0.25) is 5.02 Å². The number of nitrogens with zero attached hydrogens (tertiary/aromatic N) is 2. The first-order valence-corrected chi connectivity index (χ1v) is 12.3. The summed E-state index contributed by atoms with van der Waals surface area (Å²) in [6, 6.07) is 11.0. The zero-order valence-electron chi connectivity index (χ0n) is 21.6. The summed E-state index contributed by atoms with van der Waals surface area (Å²) in [6.07, 6.45) is -1.27. The van der Waals surface area contributed by atoms with E-state index in [9.17, 15) is 18.7 Å². The van der Waals surface area contributed by atoms with Crippen molar-refractivity contribution in [1.29, 1.82) is 0 Å². The number of hydrogen-bond donors (Lipinski definition) is 1. The Hall–Kier alpha value is -3.29. The number of ether oxygens (including phenoxy) is 1. The van der Waals surface area contributed by atoms with Crippen LogP contribution in [0.4, 0.5) is 8.78 Å². The zero-order valence-corrected chi connectivity index (χ0v) is 22.4. The van der Waals surface area contributed by atoms with Gasteiger partial charge in [0.2, 0.25) is 0 Å². The summed E-state index contributed by atoms with van der Waals surface area (Å²) in [6.45, 7) is 11.3. The molecule has 0 bridgehead atoms. The molecule has 1 unspecified atom stereocenters. The van der Waals surface area contributed by atoms with E-state index in [1.807, 2.05) is 30.5 Å². The SMILES string of the molecule is Cc1nc2c(c(C)c(C)n2Cc2ccc(F)c(F)c2)c(-c2ccc(Cl)cc2)c1C(OC(C)(C)C)C(=O)O. The summed E-state index contributed by atoms with van der Waals surface area (Å²) in [5.74, 6) is -2.94. The molecular weight excluding hydrogens is 498 g/mol. The van der Waals surface area contributed by atoms with Gasteiger partial charge < -0.3 is 14.4 Å². The lowest BCUT2D eigenvalue weighted by Crippen LogP contribution is -2.28. The monoisotopic (exact) mass is 526 g/mol. The molecule has 0 aliphatic heterocycles. The van der Waals surface area contributed by atoms with E-state index in [1.165, 1.54) is 12.1 Å². The summed E-state index contributed by atoms with van der Waals surface area (Å²) in [5, 5.41) is 11.6. The topological polar surface area (TPSA) is 64.4 Å². The first-order chi connectivity index (χ1) is 17.3. The third kappa shape index (κ3) is 5.24. The first-order valence-electron chi connectivity index (χ1n) is 11.9. The van der Waals surface area contributed by atoms with Crippen LogP contribution in [0, 0.1) is 32.4 Å². The van der Waals surface area contributed by atoms with Gasteiger partial charge in [-0.25, -0.2) is 18.6 Å². The molecule has 0 amide bonds. The normalized spacial score (nSPS) is 12.8. The summed E-state index contributed by atoms with van der Waals surface area (Å²) in [4.78, 5) is 17.4. The highest BCUT2D eigenvalue weighted by Gasteiger charge is 2.33. The predicted molar refractivity (Wildman–Crippen MR) is 141 cm³/mol. The third-order valence-corrected chi connectivity index (χ3v) is 6.65. The van der Waals surface area contributed by atoms with E-state index in [0.717, 1.165) is 28.3 Å². The maximum Gasteiger partial charge on any atom is 0.337 e. The number of benzene rings is 2. The summed E-state index contributed by atoms with van der Waals surface area (Å²) in [5.41, 5.74) is 4.67. The Morgan fingerprint density at radius 1 is 1.08 bits per heavy atom. The fourth-order valence-corrected chi connectivity index (χ4v) is 4.76. The number of pyridine rings is 1.